The predicted octanol–water partition coefficient (Wildman–Crippen LogP) is 2.01. The Hall–Kier alpha value is -1.27. The van der Waals surface area contributed by atoms with Crippen molar-refractivity contribution in [3.05, 3.63) is 11.8 Å². The van der Waals surface area contributed by atoms with E-state index in [0.717, 1.165) is 6.42 Å². The SMILES string of the molecule is CC#CCC1(C)C(OC(C)=O)=CCCC1O. The Labute approximate surface area is 96.5 Å². The quantitative estimate of drug-likeness (QED) is 0.574. The van der Waals surface area contributed by atoms with Gasteiger partial charge in [-0.25, -0.2) is 0 Å². The molecule has 2 atom stereocenters. The maximum atomic E-state index is 11.0. The van der Waals surface area contributed by atoms with Gasteiger partial charge < -0.3 is 9.84 Å². The summed E-state index contributed by atoms with van der Waals surface area (Å²) in [4.78, 5) is 11.0. The fraction of sp³-hybridized carbons (Fsp3) is 0.615. The average molecular weight is 222 g/mol. The summed E-state index contributed by atoms with van der Waals surface area (Å²) >= 11 is 0. The van der Waals surface area contributed by atoms with Crippen LogP contribution >= 0.6 is 0 Å². The zero-order chi connectivity index (χ0) is 12.2. The Bertz CT molecular complexity index is 359. The number of esters is 1. The van der Waals surface area contributed by atoms with Crippen molar-refractivity contribution in [2.75, 3.05) is 0 Å². The second-order valence-corrected chi connectivity index (χ2v) is 4.28. The summed E-state index contributed by atoms with van der Waals surface area (Å²) in [5.74, 6) is 5.96. The molecule has 1 aliphatic rings. The van der Waals surface area contributed by atoms with Gasteiger partial charge in [-0.1, -0.05) is 0 Å². The lowest BCUT2D eigenvalue weighted by Gasteiger charge is -2.37. The van der Waals surface area contributed by atoms with Gasteiger partial charge in [0.1, 0.15) is 5.76 Å². The molecule has 0 fully saturated rings. The van der Waals surface area contributed by atoms with E-state index >= 15 is 0 Å². The lowest BCUT2D eigenvalue weighted by atomic mass is 9.74. The molecule has 16 heavy (non-hydrogen) atoms. The molecule has 0 aliphatic heterocycles. The van der Waals surface area contributed by atoms with E-state index in [0.29, 0.717) is 18.6 Å². The van der Waals surface area contributed by atoms with Crippen LogP contribution in [0.1, 0.15) is 40.0 Å². The Morgan fingerprint density at radius 1 is 1.75 bits per heavy atom. The molecule has 1 aliphatic carbocycles. The van der Waals surface area contributed by atoms with Crippen LogP contribution in [-0.4, -0.2) is 17.2 Å². The number of allylic oxidation sites excluding steroid dienone is 1. The summed E-state index contributed by atoms with van der Waals surface area (Å²) in [7, 11) is 0. The molecule has 88 valence electrons. The summed E-state index contributed by atoms with van der Waals surface area (Å²) < 4.78 is 5.17. The zero-order valence-electron chi connectivity index (χ0n) is 10.0. The van der Waals surface area contributed by atoms with Gasteiger partial charge in [0, 0.05) is 13.3 Å². The number of hydrogen-bond acceptors (Lipinski definition) is 3. The molecular formula is C13H18O3. The van der Waals surface area contributed by atoms with Crippen LogP contribution in [0.15, 0.2) is 11.8 Å². The maximum Gasteiger partial charge on any atom is 0.307 e. The summed E-state index contributed by atoms with van der Waals surface area (Å²) in [6.45, 7) is 5.01. The van der Waals surface area contributed by atoms with Crippen LogP contribution in [0.2, 0.25) is 0 Å². The van der Waals surface area contributed by atoms with Crippen molar-refractivity contribution in [1.29, 1.82) is 0 Å². The molecule has 0 aromatic rings. The van der Waals surface area contributed by atoms with E-state index in [9.17, 15) is 9.90 Å². The molecular weight excluding hydrogens is 204 g/mol. The highest BCUT2D eigenvalue weighted by atomic mass is 16.5. The Kier molecular flexibility index (Phi) is 4.14. The van der Waals surface area contributed by atoms with E-state index in [4.69, 9.17) is 4.74 Å². The van der Waals surface area contributed by atoms with Gasteiger partial charge in [-0.05, 0) is 32.8 Å². The van der Waals surface area contributed by atoms with Crippen LogP contribution in [0, 0.1) is 17.3 Å². The minimum absolute atomic E-state index is 0.351. The van der Waals surface area contributed by atoms with Gasteiger partial charge in [0.15, 0.2) is 0 Å². The van der Waals surface area contributed by atoms with E-state index in [1.807, 2.05) is 13.0 Å². The highest BCUT2D eigenvalue weighted by Gasteiger charge is 2.40. The van der Waals surface area contributed by atoms with Crippen molar-refractivity contribution >= 4 is 5.97 Å². The van der Waals surface area contributed by atoms with Crippen molar-refractivity contribution in [3.8, 4) is 11.8 Å². The third-order valence-electron chi connectivity index (χ3n) is 2.95. The summed E-state index contributed by atoms with van der Waals surface area (Å²) in [6.07, 6.45) is 3.30. The molecule has 0 spiro atoms. The minimum atomic E-state index is -0.563. The first-order chi connectivity index (χ1) is 7.50. The summed E-state index contributed by atoms with van der Waals surface area (Å²) in [5, 5.41) is 10.0. The second-order valence-electron chi connectivity index (χ2n) is 4.28. The van der Waals surface area contributed by atoms with Crippen molar-refractivity contribution in [2.45, 2.75) is 46.1 Å². The van der Waals surface area contributed by atoms with Gasteiger partial charge in [-0.3, -0.25) is 4.79 Å². The molecule has 0 heterocycles. The van der Waals surface area contributed by atoms with E-state index in [2.05, 4.69) is 11.8 Å². The fourth-order valence-electron chi connectivity index (χ4n) is 1.88. The zero-order valence-corrected chi connectivity index (χ0v) is 10.0. The van der Waals surface area contributed by atoms with Crippen molar-refractivity contribution in [2.24, 2.45) is 5.41 Å². The molecule has 3 heteroatoms. The Morgan fingerprint density at radius 3 is 3.00 bits per heavy atom. The van der Waals surface area contributed by atoms with Gasteiger partial charge in [-0.15, -0.1) is 11.8 Å². The van der Waals surface area contributed by atoms with Gasteiger partial charge >= 0.3 is 5.97 Å². The van der Waals surface area contributed by atoms with E-state index in [1.54, 1.807) is 6.92 Å². The Morgan fingerprint density at radius 2 is 2.44 bits per heavy atom. The van der Waals surface area contributed by atoms with E-state index < -0.39 is 11.5 Å². The first-order valence-electron chi connectivity index (χ1n) is 5.47. The molecule has 0 aromatic carbocycles. The predicted molar refractivity (Wildman–Crippen MR) is 61.3 cm³/mol. The number of carbonyl (C=O) groups excluding carboxylic acids is 1. The van der Waals surface area contributed by atoms with Crippen LogP contribution in [0.4, 0.5) is 0 Å². The third kappa shape index (κ3) is 2.65. The van der Waals surface area contributed by atoms with Crippen LogP contribution in [0.3, 0.4) is 0 Å². The van der Waals surface area contributed by atoms with Gasteiger partial charge in [0.25, 0.3) is 0 Å². The average Bonchev–Trinajstić information content (AvgIpc) is 2.22. The molecule has 0 amide bonds. The third-order valence-corrected chi connectivity index (χ3v) is 2.95. The van der Waals surface area contributed by atoms with Crippen LogP contribution in [-0.2, 0) is 9.53 Å². The lowest BCUT2D eigenvalue weighted by molar-refractivity contribution is -0.140. The fourth-order valence-corrected chi connectivity index (χ4v) is 1.88. The topological polar surface area (TPSA) is 46.5 Å². The van der Waals surface area contributed by atoms with Crippen LogP contribution in [0.25, 0.3) is 0 Å². The summed E-state index contributed by atoms with van der Waals surface area (Å²) in [5.41, 5.74) is -0.563. The maximum absolute atomic E-state index is 11.0. The van der Waals surface area contributed by atoms with Gasteiger partial charge in [0.2, 0.25) is 0 Å². The van der Waals surface area contributed by atoms with Gasteiger partial charge in [0.05, 0.1) is 11.5 Å². The first-order valence-corrected chi connectivity index (χ1v) is 5.47. The Balaban J connectivity index is 2.95. The molecule has 3 nitrogen and oxygen atoms in total. The van der Waals surface area contributed by atoms with Crippen molar-refractivity contribution in [3.63, 3.8) is 0 Å². The molecule has 0 radical (unpaired) electrons. The second kappa shape index (κ2) is 5.18. The number of ether oxygens (including phenoxy) is 1. The number of aliphatic hydroxyl groups is 1. The normalized spacial score (nSPS) is 28.8. The number of carbonyl (C=O) groups is 1. The highest BCUT2D eigenvalue weighted by molar-refractivity contribution is 5.67. The number of aliphatic hydroxyl groups excluding tert-OH is 1. The summed E-state index contributed by atoms with van der Waals surface area (Å²) in [6, 6.07) is 0. The van der Waals surface area contributed by atoms with Crippen LogP contribution < -0.4 is 0 Å². The molecule has 0 saturated carbocycles. The number of hydrogen-bond donors (Lipinski definition) is 1. The molecule has 0 saturated heterocycles. The lowest BCUT2D eigenvalue weighted by Crippen LogP contribution is -2.37. The highest BCUT2D eigenvalue weighted by Crippen LogP contribution is 2.40. The standard InChI is InChI=1S/C13H18O3/c1-4-5-9-13(3)11(15)7-6-8-12(13)16-10(2)14/h8,11,15H,6-7,9H2,1-3H3. The molecule has 0 bridgehead atoms. The van der Waals surface area contributed by atoms with Crippen molar-refractivity contribution in [1.82, 2.24) is 0 Å². The largest absolute Gasteiger partial charge is 0.431 e. The van der Waals surface area contributed by atoms with E-state index in [1.165, 1.54) is 6.92 Å². The first kappa shape index (κ1) is 12.8. The monoisotopic (exact) mass is 222 g/mol. The molecule has 0 aromatic heterocycles. The van der Waals surface area contributed by atoms with E-state index in [-0.39, 0.29) is 5.97 Å². The van der Waals surface area contributed by atoms with Gasteiger partial charge in [-0.2, -0.15) is 0 Å². The molecule has 1 rings (SSSR count). The molecule has 2 unspecified atom stereocenters. The minimum Gasteiger partial charge on any atom is -0.431 e. The number of rotatable bonds is 2. The van der Waals surface area contributed by atoms with Crippen molar-refractivity contribution < 1.29 is 14.6 Å². The smallest absolute Gasteiger partial charge is 0.307 e. The van der Waals surface area contributed by atoms with Crippen LogP contribution in [0.5, 0.6) is 0 Å². The molecule has 1 N–H and O–H groups in total.